The molecule has 4 nitrogen and oxygen atoms in total. The highest BCUT2D eigenvalue weighted by Crippen LogP contribution is 2.42. The maximum absolute atomic E-state index is 14.7. The van der Waals surface area contributed by atoms with E-state index in [1.54, 1.807) is 72.8 Å². The molecule has 7 aromatic rings. The SMILES string of the molecule is Cc1c(C(=O)c2ccccc2)c(C(=O)c2ccccc2)c(-c2ccc(C(=O)c3ccccc3)cc2)c(C)c1-c1ccc(C(=O)c2ccccc2)cc1. The lowest BCUT2D eigenvalue weighted by molar-refractivity contribution is 0.100. The topological polar surface area (TPSA) is 68.3 Å². The first kappa shape index (κ1) is 33.7. The van der Waals surface area contributed by atoms with Gasteiger partial charge in [-0.2, -0.15) is 0 Å². The first-order valence-corrected chi connectivity index (χ1v) is 17.1. The average molecular weight is 675 g/mol. The molecule has 250 valence electrons. The Labute approximate surface area is 303 Å². The Morgan fingerprint density at radius 2 is 0.577 bits per heavy atom. The molecule has 0 radical (unpaired) electrons. The van der Waals surface area contributed by atoms with Crippen molar-refractivity contribution in [3.63, 3.8) is 0 Å². The molecule has 0 N–H and O–H groups in total. The van der Waals surface area contributed by atoms with Crippen LogP contribution >= 0.6 is 0 Å². The maximum Gasteiger partial charge on any atom is 0.194 e. The van der Waals surface area contributed by atoms with E-state index in [0.717, 1.165) is 16.7 Å². The molecule has 0 aromatic heterocycles. The standard InChI is InChI=1S/C48H34O4/c1-31-41(33-23-27-39(28-24-33)45(49)35-15-7-3-8-16-35)32(2)43(47(51)37-19-11-5-12-20-37)44(48(52)38-21-13-6-14-22-38)42(31)34-25-29-40(30-26-34)46(50)36-17-9-4-10-18-36/h3-30H,1-2H3. The lowest BCUT2D eigenvalue weighted by Crippen LogP contribution is -2.17. The Bertz CT molecular complexity index is 2430. The second kappa shape index (κ2) is 14.6. The number of benzene rings is 7. The third-order valence-corrected chi connectivity index (χ3v) is 9.47. The molecular formula is C48H34O4. The minimum atomic E-state index is -0.277. The van der Waals surface area contributed by atoms with Gasteiger partial charge in [0.1, 0.15) is 0 Å². The summed E-state index contributed by atoms with van der Waals surface area (Å²) >= 11 is 0. The molecule has 0 unspecified atom stereocenters. The minimum absolute atomic E-state index is 0.0878. The molecule has 0 fully saturated rings. The highest BCUT2D eigenvalue weighted by atomic mass is 16.1. The summed E-state index contributed by atoms with van der Waals surface area (Å²) in [7, 11) is 0. The van der Waals surface area contributed by atoms with E-state index < -0.39 is 0 Å². The van der Waals surface area contributed by atoms with Gasteiger partial charge < -0.3 is 0 Å². The number of hydrogen-bond donors (Lipinski definition) is 0. The zero-order chi connectivity index (χ0) is 36.2. The molecule has 7 rings (SSSR count). The van der Waals surface area contributed by atoms with Crippen LogP contribution in [0.1, 0.15) is 74.8 Å². The van der Waals surface area contributed by atoms with Crippen LogP contribution < -0.4 is 0 Å². The van der Waals surface area contributed by atoms with Crippen molar-refractivity contribution in [2.24, 2.45) is 0 Å². The van der Waals surface area contributed by atoms with Crippen LogP contribution in [-0.2, 0) is 0 Å². The van der Waals surface area contributed by atoms with Crippen LogP contribution in [-0.4, -0.2) is 23.1 Å². The maximum atomic E-state index is 14.7. The second-order valence-corrected chi connectivity index (χ2v) is 12.7. The zero-order valence-electron chi connectivity index (χ0n) is 28.8. The van der Waals surface area contributed by atoms with Crippen molar-refractivity contribution in [2.75, 3.05) is 0 Å². The van der Waals surface area contributed by atoms with Gasteiger partial charge in [-0.3, -0.25) is 19.2 Å². The number of rotatable bonds is 10. The van der Waals surface area contributed by atoms with Crippen molar-refractivity contribution in [1.29, 1.82) is 0 Å². The van der Waals surface area contributed by atoms with E-state index in [9.17, 15) is 19.2 Å². The molecule has 7 aromatic carbocycles. The Balaban J connectivity index is 1.47. The van der Waals surface area contributed by atoms with Crippen molar-refractivity contribution < 1.29 is 19.2 Å². The molecule has 0 aliphatic carbocycles. The van der Waals surface area contributed by atoms with Gasteiger partial charge in [0.2, 0.25) is 0 Å². The monoisotopic (exact) mass is 674 g/mol. The predicted octanol–water partition coefficient (Wildman–Crippen LogP) is 10.6. The largest absolute Gasteiger partial charge is 0.289 e. The molecule has 0 atom stereocenters. The van der Waals surface area contributed by atoms with Crippen LogP contribution in [0.15, 0.2) is 170 Å². The fourth-order valence-electron chi connectivity index (χ4n) is 6.89. The number of ketones is 4. The normalized spacial score (nSPS) is 10.8. The van der Waals surface area contributed by atoms with Gasteiger partial charge in [-0.15, -0.1) is 0 Å². The number of carbonyl (C=O) groups is 4. The van der Waals surface area contributed by atoms with Gasteiger partial charge in [0.05, 0.1) is 0 Å². The fourth-order valence-corrected chi connectivity index (χ4v) is 6.89. The highest BCUT2D eigenvalue weighted by molar-refractivity contribution is 6.24. The van der Waals surface area contributed by atoms with Gasteiger partial charge in [-0.05, 0) is 47.2 Å². The van der Waals surface area contributed by atoms with E-state index >= 15 is 0 Å². The summed E-state index contributed by atoms with van der Waals surface area (Å²) in [6, 6.07) is 50.8. The van der Waals surface area contributed by atoms with Crippen molar-refractivity contribution >= 4 is 23.1 Å². The van der Waals surface area contributed by atoms with Crippen molar-refractivity contribution in [3.8, 4) is 22.3 Å². The van der Waals surface area contributed by atoms with E-state index in [1.807, 2.05) is 111 Å². The van der Waals surface area contributed by atoms with E-state index in [4.69, 9.17) is 0 Å². The Hall–Kier alpha value is -6.78. The van der Waals surface area contributed by atoms with Crippen LogP contribution in [0.2, 0.25) is 0 Å². The summed E-state index contributed by atoms with van der Waals surface area (Å²) in [4.78, 5) is 56.0. The van der Waals surface area contributed by atoms with Crippen LogP contribution in [0.5, 0.6) is 0 Å². The molecule has 0 saturated carbocycles. The van der Waals surface area contributed by atoms with Gasteiger partial charge in [-0.1, -0.05) is 170 Å². The summed E-state index contributed by atoms with van der Waals surface area (Å²) in [6.07, 6.45) is 0. The van der Waals surface area contributed by atoms with Crippen molar-refractivity contribution in [3.05, 3.63) is 225 Å². The molecule has 0 bridgehead atoms. The fraction of sp³-hybridized carbons (Fsp3) is 0.0417. The quantitative estimate of drug-likeness (QED) is 0.135. The van der Waals surface area contributed by atoms with Crippen LogP contribution in [0.4, 0.5) is 0 Å². The molecule has 0 spiro atoms. The summed E-state index contributed by atoms with van der Waals surface area (Å²) in [5, 5.41) is 0. The predicted molar refractivity (Wildman–Crippen MR) is 206 cm³/mol. The van der Waals surface area contributed by atoms with Crippen molar-refractivity contribution in [2.45, 2.75) is 13.8 Å². The first-order chi connectivity index (χ1) is 25.3. The Morgan fingerprint density at radius 3 is 0.942 bits per heavy atom. The van der Waals surface area contributed by atoms with Gasteiger partial charge in [0.25, 0.3) is 0 Å². The van der Waals surface area contributed by atoms with Crippen molar-refractivity contribution in [1.82, 2.24) is 0 Å². The third kappa shape index (κ3) is 6.46. The molecule has 0 aliphatic rings. The van der Waals surface area contributed by atoms with E-state index in [2.05, 4.69) is 0 Å². The molecular weight excluding hydrogens is 641 g/mol. The van der Waals surface area contributed by atoms with E-state index in [1.165, 1.54) is 0 Å². The molecule has 52 heavy (non-hydrogen) atoms. The van der Waals surface area contributed by atoms with Crippen LogP contribution in [0.3, 0.4) is 0 Å². The summed E-state index contributed by atoms with van der Waals surface area (Å²) in [5.41, 5.74) is 8.11. The summed E-state index contributed by atoms with van der Waals surface area (Å²) < 4.78 is 0. The van der Waals surface area contributed by atoms with E-state index in [-0.39, 0.29) is 23.1 Å². The lowest BCUT2D eigenvalue weighted by Gasteiger charge is -2.24. The van der Waals surface area contributed by atoms with Gasteiger partial charge >= 0.3 is 0 Å². The lowest BCUT2D eigenvalue weighted by atomic mass is 9.78. The third-order valence-electron chi connectivity index (χ3n) is 9.47. The van der Waals surface area contributed by atoms with Gasteiger partial charge in [0.15, 0.2) is 23.1 Å². The van der Waals surface area contributed by atoms with Crippen LogP contribution in [0, 0.1) is 13.8 Å². The van der Waals surface area contributed by atoms with Crippen LogP contribution in [0.25, 0.3) is 22.3 Å². The summed E-state index contributed by atoms with van der Waals surface area (Å²) in [5.74, 6) is -0.748. The first-order valence-electron chi connectivity index (χ1n) is 17.1. The number of carbonyl (C=O) groups excluding carboxylic acids is 4. The van der Waals surface area contributed by atoms with Gasteiger partial charge in [-0.25, -0.2) is 0 Å². The Kier molecular flexibility index (Phi) is 9.46. The van der Waals surface area contributed by atoms with Gasteiger partial charge in [0, 0.05) is 44.5 Å². The zero-order valence-corrected chi connectivity index (χ0v) is 28.8. The molecule has 4 heteroatoms. The average Bonchev–Trinajstić information content (AvgIpc) is 3.21. The molecule has 0 aliphatic heterocycles. The smallest absolute Gasteiger partial charge is 0.194 e. The Morgan fingerprint density at radius 1 is 0.288 bits per heavy atom. The second-order valence-electron chi connectivity index (χ2n) is 12.7. The molecule has 0 heterocycles. The minimum Gasteiger partial charge on any atom is -0.289 e. The van der Waals surface area contributed by atoms with E-state index in [0.29, 0.717) is 61.2 Å². The number of hydrogen-bond acceptors (Lipinski definition) is 4. The highest BCUT2D eigenvalue weighted by Gasteiger charge is 2.30. The molecule has 0 saturated heterocycles. The summed E-state index contributed by atoms with van der Waals surface area (Å²) in [6.45, 7) is 3.84. The molecule has 0 amide bonds.